The van der Waals surface area contributed by atoms with Crippen LogP contribution in [0.15, 0.2) is 18.2 Å². The minimum absolute atomic E-state index is 0.182. The SMILES string of the molecule is Cc1cc(NCC2(C)CCN(C)CC2)ccc1[N+](=O)[O-]. The van der Waals surface area contributed by atoms with E-state index in [4.69, 9.17) is 0 Å². The molecule has 1 N–H and O–H groups in total. The first-order valence-electron chi connectivity index (χ1n) is 7.07. The van der Waals surface area contributed by atoms with E-state index in [0.29, 0.717) is 11.0 Å². The molecule has 2 rings (SSSR count). The van der Waals surface area contributed by atoms with Gasteiger partial charge in [0.2, 0.25) is 0 Å². The second kappa shape index (κ2) is 5.79. The van der Waals surface area contributed by atoms with Crippen LogP contribution in [0, 0.1) is 22.5 Å². The quantitative estimate of drug-likeness (QED) is 0.679. The van der Waals surface area contributed by atoms with Crippen LogP contribution in [0.1, 0.15) is 25.3 Å². The van der Waals surface area contributed by atoms with Crippen molar-refractivity contribution in [2.45, 2.75) is 26.7 Å². The van der Waals surface area contributed by atoms with E-state index in [9.17, 15) is 10.1 Å². The molecule has 20 heavy (non-hydrogen) atoms. The normalized spacial score (nSPS) is 18.8. The van der Waals surface area contributed by atoms with Gasteiger partial charge in [-0.25, -0.2) is 0 Å². The summed E-state index contributed by atoms with van der Waals surface area (Å²) in [5, 5.41) is 14.2. The summed E-state index contributed by atoms with van der Waals surface area (Å²) in [6, 6.07) is 5.23. The van der Waals surface area contributed by atoms with Crippen molar-refractivity contribution >= 4 is 11.4 Å². The molecule has 1 aromatic carbocycles. The lowest BCUT2D eigenvalue weighted by Gasteiger charge is -2.38. The largest absolute Gasteiger partial charge is 0.384 e. The molecule has 0 saturated carbocycles. The van der Waals surface area contributed by atoms with Gasteiger partial charge in [-0.05, 0) is 57.5 Å². The minimum atomic E-state index is -0.336. The van der Waals surface area contributed by atoms with Crippen LogP contribution in [-0.2, 0) is 0 Å². The molecule has 0 atom stereocenters. The Kier molecular flexibility index (Phi) is 4.28. The summed E-state index contributed by atoms with van der Waals surface area (Å²) in [5.74, 6) is 0. The highest BCUT2D eigenvalue weighted by Gasteiger charge is 2.28. The second-order valence-corrected chi connectivity index (χ2v) is 6.23. The molecule has 5 heteroatoms. The lowest BCUT2D eigenvalue weighted by Crippen LogP contribution is -2.40. The van der Waals surface area contributed by atoms with Gasteiger partial charge in [-0.1, -0.05) is 6.92 Å². The van der Waals surface area contributed by atoms with E-state index in [1.165, 1.54) is 12.8 Å². The van der Waals surface area contributed by atoms with Gasteiger partial charge in [0.1, 0.15) is 0 Å². The fraction of sp³-hybridized carbons (Fsp3) is 0.600. The molecular weight excluding hydrogens is 254 g/mol. The number of nitrogens with one attached hydrogen (secondary N) is 1. The van der Waals surface area contributed by atoms with Gasteiger partial charge < -0.3 is 10.2 Å². The zero-order chi connectivity index (χ0) is 14.8. The Hall–Kier alpha value is -1.62. The predicted molar refractivity (Wildman–Crippen MR) is 81.2 cm³/mol. The number of hydrogen-bond donors (Lipinski definition) is 1. The van der Waals surface area contributed by atoms with Crippen LogP contribution in [0.4, 0.5) is 11.4 Å². The Bertz CT molecular complexity index is 494. The third-order valence-corrected chi connectivity index (χ3v) is 4.31. The van der Waals surface area contributed by atoms with Crippen molar-refractivity contribution in [3.8, 4) is 0 Å². The van der Waals surface area contributed by atoms with Crippen LogP contribution >= 0.6 is 0 Å². The summed E-state index contributed by atoms with van der Waals surface area (Å²) in [6.07, 6.45) is 2.37. The van der Waals surface area contributed by atoms with Crippen molar-refractivity contribution < 1.29 is 4.92 Å². The molecule has 1 heterocycles. The number of nitro benzene ring substituents is 1. The highest BCUT2D eigenvalue weighted by molar-refractivity contribution is 5.53. The number of likely N-dealkylation sites (tertiary alicyclic amines) is 1. The lowest BCUT2D eigenvalue weighted by atomic mass is 9.80. The van der Waals surface area contributed by atoms with Gasteiger partial charge in [0, 0.05) is 23.9 Å². The molecule has 1 saturated heterocycles. The Morgan fingerprint density at radius 2 is 2.05 bits per heavy atom. The van der Waals surface area contributed by atoms with E-state index >= 15 is 0 Å². The summed E-state index contributed by atoms with van der Waals surface area (Å²) in [6.45, 7) is 7.28. The summed E-state index contributed by atoms with van der Waals surface area (Å²) < 4.78 is 0. The molecule has 0 aromatic heterocycles. The molecule has 1 aromatic rings. The first-order chi connectivity index (χ1) is 9.39. The highest BCUT2D eigenvalue weighted by Crippen LogP contribution is 2.31. The number of rotatable bonds is 4. The zero-order valence-electron chi connectivity index (χ0n) is 12.5. The van der Waals surface area contributed by atoms with E-state index in [2.05, 4.69) is 24.2 Å². The topological polar surface area (TPSA) is 58.4 Å². The van der Waals surface area contributed by atoms with Crippen LogP contribution in [0.2, 0.25) is 0 Å². The molecule has 0 radical (unpaired) electrons. The van der Waals surface area contributed by atoms with Crippen molar-refractivity contribution in [3.05, 3.63) is 33.9 Å². The van der Waals surface area contributed by atoms with Crippen LogP contribution in [0.3, 0.4) is 0 Å². The number of aryl methyl sites for hydroxylation is 1. The van der Waals surface area contributed by atoms with E-state index in [0.717, 1.165) is 25.3 Å². The number of anilines is 1. The van der Waals surface area contributed by atoms with E-state index in [1.807, 2.05) is 6.07 Å². The highest BCUT2D eigenvalue weighted by atomic mass is 16.6. The molecule has 110 valence electrons. The maximum absolute atomic E-state index is 10.8. The second-order valence-electron chi connectivity index (χ2n) is 6.23. The van der Waals surface area contributed by atoms with E-state index in [-0.39, 0.29) is 10.6 Å². The molecular formula is C15H23N3O2. The van der Waals surface area contributed by atoms with Crippen LogP contribution in [0.25, 0.3) is 0 Å². The minimum Gasteiger partial charge on any atom is -0.384 e. The molecule has 0 unspecified atom stereocenters. The average Bonchev–Trinajstić information content (AvgIpc) is 2.40. The van der Waals surface area contributed by atoms with Gasteiger partial charge in [-0.3, -0.25) is 10.1 Å². The van der Waals surface area contributed by atoms with Gasteiger partial charge in [0.05, 0.1) is 4.92 Å². The maximum atomic E-state index is 10.8. The summed E-state index contributed by atoms with van der Waals surface area (Å²) in [4.78, 5) is 12.8. The number of benzene rings is 1. The van der Waals surface area contributed by atoms with E-state index in [1.54, 1.807) is 19.1 Å². The monoisotopic (exact) mass is 277 g/mol. The van der Waals surface area contributed by atoms with Gasteiger partial charge in [0.25, 0.3) is 5.69 Å². The predicted octanol–water partition coefficient (Wildman–Crippen LogP) is 3.05. The Morgan fingerprint density at radius 1 is 1.40 bits per heavy atom. The first-order valence-corrected chi connectivity index (χ1v) is 7.07. The van der Waals surface area contributed by atoms with Crippen LogP contribution in [-0.4, -0.2) is 36.5 Å². The summed E-state index contributed by atoms with van der Waals surface area (Å²) in [5.41, 5.74) is 2.16. The Labute approximate surface area is 120 Å². The smallest absolute Gasteiger partial charge is 0.272 e. The van der Waals surface area contributed by atoms with Gasteiger partial charge >= 0.3 is 0 Å². The third-order valence-electron chi connectivity index (χ3n) is 4.31. The Morgan fingerprint density at radius 3 is 2.60 bits per heavy atom. The Balaban J connectivity index is 1.97. The fourth-order valence-electron chi connectivity index (χ4n) is 2.62. The van der Waals surface area contributed by atoms with E-state index < -0.39 is 0 Å². The summed E-state index contributed by atoms with van der Waals surface area (Å²) >= 11 is 0. The maximum Gasteiger partial charge on any atom is 0.272 e. The van der Waals surface area contributed by atoms with Gasteiger partial charge in [-0.15, -0.1) is 0 Å². The van der Waals surface area contributed by atoms with Crippen molar-refractivity contribution in [1.29, 1.82) is 0 Å². The van der Waals surface area contributed by atoms with Gasteiger partial charge in [0.15, 0.2) is 0 Å². The number of hydrogen-bond acceptors (Lipinski definition) is 4. The number of nitrogens with zero attached hydrogens (tertiary/aromatic N) is 2. The van der Waals surface area contributed by atoms with Crippen LogP contribution in [0.5, 0.6) is 0 Å². The fourth-order valence-corrected chi connectivity index (χ4v) is 2.62. The van der Waals surface area contributed by atoms with Crippen molar-refractivity contribution in [1.82, 2.24) is 4.90 Å². The van der Waals surface area contributed by atoms with Gasteiger partial charge in [-0.2, -0.15) is 0 Å². The molecule has 0 amide bonds. The summed E-state index contributed by atoms with van der Waals surface area (Å²) in [7, 11) is 2.16. The molecule has 5 nitrogen and oxygen atoms in total. The lowest BCUT2D eigenvalue weighted by molar-refractivity contribution is -0.385. The molecule has 0 bridgehead atoms. The van der Waals surface area contributed by atoms with Crippen molar-refractivity contribution in [2.24, 2.45) is 5.41 Å². The molecule has 1 aliphatic rings. The first kappa shape index (κ1) is 14.8. The zero-order valence-corrected chi connectivity index (χ0v) is 12.5. The van der Waals surface area contributed by atoms with Crippen molar-refractivity contribution in [2.75, 3.05) is 32.0 Å². The van der Waals surface area contributed by atoms with Crippen molar-refractivity contribution in [3.63, 3.8) is 0 Å². The average molecular weight is 277 g/mol. The number of piperidine rings is 1. The molecule has 0 spiro atoms. The molecule has 0 aliphatic carbocycles. The number of nitro groups is 1. The molecule has 1 fully saturated rings. The van der Waals surface area contributed by atoms with Crippen LogP contribution < -0.4 is 5.32 Å². The molecule has 1 aliphatic heterocycles. The third kappa shape index (κ3) is 3.48. The standard InChI is InChI=1S/C15H23N3O2/c1-12-10-13(4-5-14(12)18(19)20)16-11-15(2)6-8-17(3)9-7-15/h4-5,10,16H,6-9,11H2,1-3H3.